The highest BCUT2D eigenvalue weighted by Crippen LogP contribution is 2.39. The number of nitrogens with one attached hydrogen (secondary N) is 1. The number of ether oxygens (including phenoxy) is 3. The molecule has 0 radical (unpaired) electrons. The lowest BCUT2D eigenvalue weighted by molar-refractivity contribution is 0.104. The van der Waals surface area contributed by atoms with Gasteiger partial charge in [0.25, 0.3) is 0 Å². The molecular weight excluding hydrogens is 294 g/mol. The molecule has 1 heterocycles. The molecule has 0 unspecified atom stereocenters. The van der Waals surface area contributed by atoms with Crippen molar-refractivity contribution in [3.05, 3.63) is 53.2 Å². The molecule has 0 aromatic heterocycles. The van der Waals surface area contributed by atoms with Crippen LogP contribution in [-0.4, -0.2) is 27.1 Å². The molecule has 1 aliphatic rings. The standard InChI is InChI=1S/C18H17NO4/c1-21-12-6-4-11(5-7-12)8-15-18(20)17-14(19-15)9-13(22-2)10-16(17)23-3/h4-10,19H,1-3H3/b15-8-. The zero-order valence-corrected chi connectivity index (χ0v) is 13.2. The Hall–Kier alpha value is -2.95. The number of methoxy groups -OCH3 is 3. The summed E-state index contributed by atoms with van der Waals surface area (Å²) in [7, 11) is 4.73. The Bertz CT molecular complexity index is 778. The summed E-state index contributed by atoms with van der Waals surface area (Å²) < 4.78 is 15.7. The molecule has 0 amide bonds. The molecule has 2 aromatic rings. The number of allylic oxidation sites excluding steroid dienone is 1. The first-order chi connectivity index (χ1) is 11.2. The van der Waals surface area contributed by atoms with Gasteiger partial charge in [0.15, 0.2) is 0 Å². The number of carbonyl (C=O) groups is 1. The van der Waals surface area contributed by atoms with Crippen molar-refractivity contribution in [2.75, 3.05) is 26.6 Å². The van der Waals surface area contributed by atoms with Gasteiger partial charge in [0.1, 0.15) is 17.2 Å². The molecule has 3 rings (SSSR count). The fourth-order valence-electron chi connectivity index (χ4n) is 2.51. The third-order valence-electron chi connectivity index (χ3n) is 3.70. The summed E-state index contributed by atoms with van der Waals surface area (Å²) in [6, 6.07) is 11.0. The van der Waals surface area contributed by atoms with Crippen LogP contribution >= 0.6 is 0 Å². The van der Waals surface area contributed by atoms with Crippen LogP contribution in [0, 0.1) is 0 Å². The van der Waals surface area contributed by atoms with Gasteiger partial charge in [-0.3, -0.25) is 4.79 Å². The summed E-state index contributed by atoms with van der Waals surface area (Å²) in [4.78, 5) is 12.6. The van der Waals surface area contributed by atoms with E-state index in [0.717, 1.165) is 11.3 Å². The molecule has 23 heavy (non-hydrogen) atoms. The van der Waals surface area contributed by atoms with Crippen LogP contribution in [0.5, 0.6) is 17.2 Å². The largest absolute Gasteiger partial charge is 0.497 e. The second kappa shape index (κ2) is 6.04. The van der Waals surface area contributed by atoms with Crippen molar-refractivity contribution in [3.8, 4) is 17.2 Å². The number of anilines is 1. The predicted octanol–water partition coefficient (Wildman–Crippen LogP) is 3.36. The molecule has 2 aromatic carbocycles. The number of hydrogen-bond donors (Lipinski definition) is 1. The van der Waals surface area contributed by atoms with Gasteiger partial charge in [0.2, 0.25) is 5.78 Å². The van der Waals surface area contributed by atoms with E-state index in [-0.39, 0.29) is 5.78 Å². The van der Waals surface area contributed by atoms with Crippen molar-refractivity contribution in [2.45, 2.75) is 0 Å². The molecule has 5 nitrogen and oxygen atoms in total. The van der Waals surface area contributed by atoms with E-state index >= 15 is 0 Å². The highest BCUT2D eigenvalue weighted by atomic mass is 16.5. The smallest absolute Gasteiger partial charge is 0.215 e. The summed E-state index contributed by atoms with van der Waals surface area (Å²) in [5, 5.41) is 3.13. The van der Waals surface area contributed by atoms with Crippen LogP contribution in [0.1, 0.15) is 15.9 Å². The van der Waals surface area contributed by atoms with Crippen molar-refractivity contribution in [3.63, 3.8) is 0 Å². The van der Waals surface area contributed by atoms with Crippen LogP contribution in [0.15, 0.2) is 42.1 Å². The van der Waals surface area contributed by atoms with Crippen LogP contribution in [0.25, 0.3) is 6.08 Å². The molecule has 0 saturated carbocycles. The van der Waals surface area contributed by atoms with E-state index in [0.29, 0.717) is 28.4 Å². The summed E-state index contributed by atoms with van der Waals surface area (Å²) in [5.74, 6) is 1.80. The zero-order chi connectivity index (χ0) is 16.4. The number of benzene rings is 2. The zero-order valence-electron chi connectivity index (χ0n) is 13.2. The molecule has 1 aliphatic heterocycles. The van der Waals surface area contributed by atoms with Crippen molar-refractivity contribution < 1.29 is 19.0 Å². The van der Waals surface area contributed by atoms with Crippen LogP contribution in [0.4, 0.5) is 5.69 Å². The third kappa shape index (κ3) is 2.73. The summed E-state index contributed by atoms with van der Waals surface area (Å²) in [6.07, 6.45) is 1.80. The third-order valence-corrected chi connectivity index (χ3v) is 3.70. The number of Topliss-reactive ketones (excluding diaryl/α,β-unsaturated/α-hetero) is 1. The maximum absolute atomic E-state index is 12.6. The van der Waals surface area contributed by atoms with E-state index in [4.69, 9.17) is 14.2 Å². The Morgan fingerprint density at radius 2 is 1.61 bits per heavy atom. The number of carbonyl (C=O) groups excluding carboxylic acids is 1. The first kappa shape index (κ1) is 15.0. The van der Waals surface area contributed by atoms with Crippen LogP contribution in [0.2, 0.25) is 0 Å². The monoisotopic (exact) mass is 311 g/mol. The lowest BCUT2D eigenvalue weighted by atomic mass is 10.1. The number of fused-ring (bicyclic) bond motifs is 1. The van der Waals surface area contributed by atoms with Crippen molar-refractivity contribution in [1.29, 1.82) is 0 Å². The molecule has 0 saturated heterocycles. The van der Waals surface area contributed by atoms with Gasteiger partial charge >= 0.3 is 0 Å². The minimum atomic E-state index is -0.102. The Labute approximate surface area is 134 Å². The lowest BCUT2D eigenvalue weighted by Gasteiger charge is -2.08. The highest BCUT2D eigenvalue weighted by Gasteiger charge is 2.29. The van der Waals surface area contributed by atoms with Crippen molar-refractivity contribution in [1.82, 2.24) is 0 Å². The Balaban J connectivity index is 1.97. The molecular formula is C18H17NO4. The second-order valence-corrected chi connectivity index (χ2v) is 5.04. The molecule has 0 atom stereocenters. The van der Waals surface area contributed by atoms with Crippen molar-refractivity contribution >= 4 is 17.5 Å². The van der Waals surface area contributed by atoms with Crippen LogP contribution in [-0.2, 0) is 0 Å². The van der Waals surface area contributed by atoms with Gasteiger partial charge in [-0.15, -0.1) is 0 Å². The highest BCUT2D eigenvalue weighted by molar-refractivity contribution is 6.22. The Kier molecular flexibility index (Phi) is 3.93. The van der Waals surface area contributed by atoms with Gasteiger partial charge in [-0.1, -0.05) is 12.1 Å². The van der Waals surface area contributed by atoms with Crippen LogP contribution < -0.4 is 19.5 Å². The molecule has 0 fully saturated rings. The number of rotatable bonds is 4. The van der Waals surface area contributed by atoms with Gasteiger partial charge < -0.3 is 19.5 Å². The van der Waals surface area contributed by atoms with E-state index in [2.05, 4.69) is 5.32 Å². The van der Waals surface area contributed by atoms with Gasteiger partial charge in [-0.2, -0.15) is 0 Å². The average molecular weight is 311 g/mol. The van der Waals surface area contributed by atoms with E-state index in [1.807, 2.05) is 24.3 Å². The maximum atomic E-state index is 12.6. The minimum absolute atomic E-state index is 0.102. The summed E-state index contributed by atoms with van der Waals surface area (Å²) in [5.41, 5.74) is 2.61. The predicted molar refractivity (Wildman–Crippen MR) is 88.5 cm³/mol. The minimum Gasteiger partial charge on any atom is -0.497 e. The van der Waals surface area contributed by atoms with Crippen LogP contribution in [0.3, 0.4) is 0 Å². The normalized spacial score (nSPS) is 14.4. The second-order valence-electron chi connectivity index (χ2n) is 5.04. The van der Waals surface area contributed by atoms with E-state index in [9.17, 15) is 4.79 Å². The van der Waals surface area contributed by atoms with Gasteiger partial charge in [0, 0.05) is 12.1 Å². The van der Waals surface area contributed by atoms with E-state index < -0.39 is 0 Å². The summed E-state index contributed by atoms with van der Waals surface area (Å²) in [6.45, 7) is 0. The fourth-order valence-corrected chi connectivity index (χ4v) is 2.51. The Morgan fingerprint density at radius 1 is 0.913 bits per heavy atom. The fraction of sp³-hybridized carbons (Fsp3) is 0.167. The first-order valence-electron chi connectivity index (χ1n) is 7.09. The molecule has 1 N–H and O–H groups in total. The first-order valence-corrected chi connectivity index (χ1v) is 7.09. The van der Waals surface area contributed by atoms with Crippen molar-refractivity contribution in [2.24, 2.45) is 0 Å². The SMILES string of the molecule is COc1ccc(/C=C2\Nc3cc(OC)cc(OC)c3C2=O)cc1. The molecule has 5 heteroatoms. The number of ketones is 1. The van der Waals surface area contributed by atoms with Gasteiger partial charge in [-0.25, -0.2) is 0 Å². The van der Waals surface area contributed by atoms with Gasteiger partial charge in [-0.05, 0) is 23.8 Å². The topological polar surface area (TPSA) is 56.8 Å². The lowest BCUT2D eigenvalue weighted by Crippen LogP contribution is -2.01. The number of hydrogen-bond acceptors (Lipinski definition) is 5. The molecule has 0 bridgehead atoms. The molecule has 0 spiro atoms. The molecule has 118 valence electrons. The summed E-state index contributed by atoms with van der Waals surface area (Å²) >= 11 is 0. The Morgan fingerprint density at radius 3 is 2.22 bits per heavy atom. The quantitative estimate of drug-likeness (QED) is 0.877. The van der Waals surface area contributed by atoms with Gasteiger partial charge in [0.05, 0.1) is 38.3 Å². The average Bonchev–Trinajstić information content (AvgIpc) is 2.90. The maximum Gasteiger partial charge on any atom is 0.215 e. The molecule has 0 aliphatic carbocycles. The van der Waals surface area contributed by atoms with E-state index in [1.54, 1.807) is 32.4 Å². The van der Waals surface area contributed by atoms with E-state index in [1.165, 1.54) is 7.11 Å².